The number of halogens is 1. The molecule has 0 unspecified atom stereocenters. The van der Waals surface area contributed by atoms with Crippen LogP contribution in [0.15, 0.2) is 42.5 Å². The van der Waals surface area contributed by atoms with Crippen molar-refractivity contribution in [1.29, 1.82) is 0 Å². The van der Waals surface area contributed by atoms with E-state index in [0.717, 1.165) is 42.0 Å². The molecule has 0 aromatic heterocycles. The molecule has 0 bridgehead atoms. The Morgan fingerprint density at radius 3 is 2.78 bits per heavy atom. The molecule has 2 aromatic carbocycles. The predicted molar refractivity (Wildman–Crippen MR) is 106 cm³/mol. The summed E-state index contributed by atoms with van der Waals surface area (Å²) in [6, 6.07) is 13.5. The van der Waals surface area contributed by atoms with Crippen molar-refractivity contribution in [2.24, 2.45) is 0 Å². The Labute approximate surface area is 165 Å². The molecule has 0 spiro atoms. The van der Waals surface area contributed by atoms with Crippen molar-refractivity contribution < 1.29 is 14.3 Å². The van der Waals surface area contributed by atoms with Crippen molar-refractivity contribution in [1.82, 2.24) is 10.2 Å². The molecule has 0 radical (unpaired) electrons. The SMILES string of the molecule is COc1ccc(OC)c([C@@H]2CCCN2CC(=O)NCc2ccccc2Cl)c1. The van der Waals surface area contributed by atoms with Gasteiger partial charge in [0.05, 0.1) is 20.8 Å². The number of methoxy groups -OCH3 is 2. The summed E-state index contributed by atoms with van der Waals surface area (Å²) >= 11 is 6.16. The standard InChI is InChI=1S/C21H25ClN2O3/c1-26-16-9-10-20(27-2)17(12-16)19-8-5-11-24(19)14-21(25)23-13-15-6-3-4-7-18(15)22/h3-4,6-7,9-10,12,19H,5,8,11,13-14H2,1-2H3,(H,23,25)/t19-/m0/s1. The van der Waals surface area contributed by atoms with Gasteiger partial charge in [-0.3, -0.25) is 9.69 Å². The molecular weight excluding hydrogens is 364 g/mol. The van der Waals surface area contributed by atoms with E-state index in [9.17, 15) is 4.79 Å². The van der Waals surface area contributed by atoms with Crippen molar-refractivity contribution in [3.8, 4) is 11.5 Å². The van der Waals surface area contributed by atoms with Gasteiger partial charge in [0.15, 0.2) is 0 Å². The zero-order valence-electron chi connectivity index (χ0n) is 15.7. The lowest BCUT2D eigenvalue weighted by Gasteiger charge is -2.26. The second-order valence-electron chi connectivity index (χ2n) is 6.60. The second kappa shape index (κ2) is 9.11. The fraction of sp³-hybridized carbons (Fsp3) is 0.381. The molecule has 6 heteroatoms. The summed E-state index contributed by atoms with van der Waals surface area (Å²) in [5.41, 5.74) is 1.98. The van der Waals surface area contributed by atoms with Gasteiger partial charge in [-0.1, -0.05) is 29.8 Å². The van der Waals surface area contributed by atoms with Gasteiger partial charge in [-0.15, -0.1) is 0 Å². The fourth-order valence-corrected chi connectivity index (χ4v) is 3.75. The van der Waals surface area contributed by atoms with Gasteiger partial charge in [0.2, 0.25) is 5.91 Å². The van der Waals surface area contributed by atoms with Gasteiger partial charge in [-0.25, -0.2) is 0 Å². The van der Waals surface area contributed by atoms with Crippen LogP contribution >= 0.6 is 11.6 Å². The lowest BCUT2D eigenvalue weighted by molar-refractivity contribution is -0.122. The van der Waals surface area contributed by atoms with Gasteiger partial charge in [0, 0.05) is 23.2 Å². The van der Waals surface area contributed by atoms with E-state index >= 15 is 0 Å². The highest BCUT2D eigenvalue weighted by Crippen LogP contribution is 2.38. The highest BCUT2D eigenvalue weighted by atomic mass is 35.5. The zero-order valence-corrected chi connectivity index (χ0v) is 16.5. The predicted octanol–water partition coefficient (Wildman–Crippen LogP) is 3.81. The van der Waals surface area contributed by atoms with Crippen LogP contribution in [0.4, 0.5) is 0 Å². The number of amides is 1. The Bertz CT molecular complexity index is 797. The second-order valence-corrected chi connectivity index (χ2v) is 7.01. The van der Waals surface area contributed by atoms with Crippen molar-refractivity contribution in [3.05, 3.63) is 58.6 Å². The number of hydrogen-bond donors (Lipinski definition) is 1. The summed E-state index contributed by atoms with van der Waals surface area (Å²) in [5.74, 6) is 1.61. The van der Waals surface area contributed by atoms with E-state index in [0.29, 0.717) is 18.1 Å². The first kappa shape index (κ1) is 19.5. The Kier molecular flexibility index (Phi) is 6.58. The average molecular weight is 389 g/mol. The molecule has 1 fully saturated rings. The van der Waals surface area contributed by atoms with Gasteiger partial charge in [-0.2, -0.15) is 0 Å². The zero-order chi connectivity index (χ0) is 19.2. The lowest BCUT2D eigenvalue weighted by Crippen LogP contribution is -2.36. The first-order chi connectivity index (χ1) is 13.1. The normalized spacial score (nSPS) is 16.9. The van der Waals surface area contributed by atoms with Crippen molar-refractivity contribution in [3.63, 3.8) is 0 Å². The number of ether oxygens (including phenoxy) is 2. The van der Waals surface area contributed by atoms with Crippen LogP contribution in [0.3, 0.4) is 0 Å². The molecule has 27 heavy (non-hydrogen) atoms. The number of hydrogen-bond acceptors (Lipinski definition) is 4. The molecule has 1 heterocycles. The number of benzene rings is 2. The van der Waals surface area contributed by atoms with E-state index in [1.165, 1.54) is 0 Å². The number of nitrogens with one attached hydrogen (secondary N) is 1. The van der Waals surface area contributed by atoms with Crippen LogP contribution in [0.25, 0.3) is 0 Å². The van der Waals surface area contributed by atoms with E-state index in [2.05, 4.69) is 10.2 Å². The molecule has 1 amide bonds. The van der Waals surface area contributed by atoms with Crippen LogP contribution in [0.2, 0.25) is 5.02 Å². The average Bonchev–Trinajstić information content (AvgIpc) is 3.14. The van der Waals surface area contributed by atoms with E-state index in [-0.39, 0.29) is 11.9 Å². The van der Waals surface area contributed by atoms with E-state index in [1.807, 2.05) is 42.5 Å². The summed E-state index contributed by atoms with van der Waals surface area (Å²) < 4.78 is 10.9. The molecule has 1 saturated heterocycles. The molecule has 1 atom stereocenters. The van der Waals surface area contributed by atoms with E-state index in [1.54, 1.807) is 14.2 Å². The molecule has 1 aliphatic heterocycles. The molecule has 3 rings (SSSR count). The summed E-state index contributed by atoms with van der Waals surface area (Å²) in [6.45, 7) is 1.65. The van der Waals surface area contributed by atoms with Crippen molar-refractivity contribution in [2.75, 3.05) is 27.3 Å². The summed E-state index contributed by atoms with van der Waals surface area (Å²) in [5, 5.41) is 3.63. The van der Waals surface area contributed by atoms with Gasteiger partial charge >= 0.3 is 0 Å². The molecule has 2 aromatic rings. The minimum absolute atomic E-state index is 0.0105. The molecule has 5 nitrogen and oxygen atoms in total. The number of nitrogens with zero attached hydrogens (tertiary/aromatic N) is 1. The fourth-order valence-electron chi connectivity index (χ4n) is 3.54. The quantitative estimate of drug-likeness (QED) is 0.783. The molecular formula is C21H25ClN2O3. The summed E-state index contributed by atoms with van der Waals surface area (Å²) in [7, 11) is 3.32. The van der Waals surface area contributed by atoms with Crippen LogP contribution in [0.5, 0.6) is 11.5 Å². The number of rotatable bonds is 7. The topological polar surface area (TPSA) is 50.8 Å². The summed E-state index contributed by atoms with van der Waals surface area (Å²) in [4.78, 5) is 14.7. The Balaban J connectivity index is 1.66. The molecule has 1 N–H and O–H groups in total. The monoisotopic (exact) mass is 388 g/mol. The number of carbonyl (C=O) groups excluding carboxylic acids is 1. The molecule has 0 aliphatic carbocycles. The Morgan fingerprint density at radius 1 is 1.22 bits per heavy atom. The molecule has 0 saturated carbocycles. The lowest BCUT2D eigenvalue weighted by atomic mass is 10.0. The van der Waals surface area contributed by atoms with Gasteiger partial charge < -0.3 is 14.8 Å². The van der Waals surface area contributed by atoms with E-state index < -0.39 is 0 Å². The number of likely N-dealkylation sites (tertiary alicyclic amines) is 1. The minimum Gasteiger partial charge on any atom is -0.497 e. The first-order valence-corrected chi connectivity index (χ1v) is 9.46. The smallest absolute Gasteiger partial charge is 0.234 e. The van der Waals surface area contributed by atoms with Crippen molar-refractivity contribution in [2.45, 2.75) is 25.4 Å². The molecule has 144 valence electrons. The maximum atomic E-state index is 12.5. The minimum atomic E-state index is -0.0105. The summed E-state index contributed by atoms with van der Waals surface area (Å²) in [6.07, 6.45) is 2.03. The van der Waals surface area contributed by atoms with Crippen LogP contribution in [0.1, 0.15) is 30.0 Å². The van der Waals surface area contributed by atoms with Crippen LogP contribution in [-0.2, 0) is 11.3 Å². The maximum absolute atomic E-state index is 12.5. The number of carbonyl (C=O) groups is 1. The largest absolute Gasteiger partial charge is 0.497 e. The van der Waals surface area contributed by atoms with Gasteiger partial charge in [0.1, 0.15) is 11.5 Å². The third-order valence-electron chi connectivity index (χ3n) is 4.94. The third kappa shape index (κ3) is 4.73. The Morgan fingerprint density at radius 2 is 2.04 bits per heavy atom. The van der Waals surface area contributed by atoms with Crippen molar-refractivity contribution >= 4 is 17.5 Å². The maximum Gasteiger partial charge on any atom is 0.234 e. The van der Waals surface area contributed by atoms with Gasteiger partial charge in [-0.05, 0) is 49.2 Å². The van der Waals surface area contributed by atoms with Crippen LogP contribution in [-0.4, -0.2) is 38.1 Å². The van der Waals surface area contributed by atoms with Gasteiger partial charge in [0.25, 0.3) is 0 Å². The van der Waals surface area contributed by atoms with Crippen LogP contribution < -0.4 is 14.8 Å². The highest BCUT2D eigenvalue weighted by molar-refractivity contribution is 6.31. The highest BCUT2D eigenvalue weighted by Gasteiger charge is 2.30. The first-order valence-electron chi connectivity index (χ1n) is 9.08. The molecule has 1 aliphatic rings. The van der Waals surface area contributed by atoms with Crippen LogP contribution in [0, 0.1) is 0 Å². The Hall–Kier alpha value is -2.24. The van der Waals surface area contributed by atoms with E-state index in [4.69, 9.17) is 21.1 Å². The third-order valence-corrected chi connectivity index (χ3v) is 5.31.